The molecular formula is C16H25FN2O. The highest BCUT2D eigenvalue weighted by atomic mass is 19.1. The van der Waals surface area contributed by atoms with Crippen molar-refractivity contribution in [3.05, 3.63) is 35.6 Å². The molecule has 0 saturated carbocycles. The average molecular weight is 280 g/mol. The predicted molar refractivity (Wildman–Crippen MR) is 79.1 cm³/mol. The van der Waals surface area contributed by atoms with E-state index in [0.29, 0.717) is 5.92 Å². The molecule has 1 aromatic carbocycles. The third-order valence-electron chi connectivity index (χ3n) is 4.09. The highest BCUT2D eigenvalue weighted by Gasteiger charge is 2.23. The quantitative estimate of drug-likeness (QED) is 0.803. The van der Waals surface area contributed by atoms with Crippen LogP contribution in [-0.2, 0) is 0 Å². The van der Waals surface area contributed by atoms with Crippen molar-refractivity contribution in [3.63, 3.8) is 0 Å². The average Bonchev–Trinajstić information content (AvgIpc) is 2.92. The minimum Gasteiger partial charge on any atom is -0.396 e. The van der Waals surface area contributed by atoms with Crippen molar-refractivity contribution in [3.8, 4) is 0 Å². The van der Waals surface area contributed by atoms with Gasteiger partial charge in [0.1, 0.15) is 5.82 Å². The summed E-state index contributed by atoms with van der Waals surface area (Å²) in [7, 11) is 0. The van der Waals surface area contributed by atoms with Crippen LogP contribution in [-0.4, -0.2) is 42.8 Å². The van der Waals surface area contributed by atoms with Crippen molar-refractivity contribution in [2.75, 3.05) is 32.8 Å². The van der Waals surface area contributed by atoms with E-state index in [1.54, 1.807) is 6.07 Å². The maximum Gasteiger partial charge on any atom is 0.127 e. The number of nitrogens with one attached hydrogen (secondary N) is 1. The van der Waals surface area contributed by atoms with Gasteiger partial charge in [-0.05, 0) is 44.5 Å². The molecule has 1 heterocycles. The molecule has 0 amide bonds. The first kappa shape index (κ1) is 15.4. The molecule has 2 atom stereocenters. The van der Waals surface area contributed by atoms with Crippen molar-refractivity contribution >= 4 is 0 Å². The van der Waals surface area contributed by atoms with E-state index in [-0.39, 0.29) is 18.5 Å². The summed E-state index contributed by atoms with van der Waals surface area (Å²) in [5, 5.41) is 12.5. The van der Waals surface area contributed by atoms with Crippen LogP contribution >= 0.6 is 0 Å². The van der Waals surface area contributed by atoms with E-state index < -0.39 is 0 Å². The Balaban J connectivity index is 1.92. The van der Waals surface area contributed by atoms with Crippen molar-refractivity contribution in [1.82, 2.24) is 10.2 Å². The number of benzene rings is 1. The Labute approximate surface area is 120 Å². The van der Waals surface area contributed by atoms with Gasteiger partial charge >= 0.3 is 0 Å². The predicted octanol–water partition coefficient (Wildman–Crippen LogP) is 2.18. The lowest BCUT2D eigenvalue weighted by molar-refractivity contribution is 0.219. The number of aliphatic hydroxyl groups excluding tert-OH is 1. The summed E-state index contributed by atoms with van der Waals surface area (Å²) in [6.07, 6.45) is 1.97. The summed E-state index contributed by atoms with van der Waals surface area (Å²) in [5.41, 5.74) is 0.757. The number of halogens is 1. The fraction of sp³-hybridized carbons (Fsp3) is 0.625. The second-order valence-electron chi connectivity index (χ2n) is 5.56. The molecule has 1 fully saturated rings. The van der Waals surface area contributed by atoms with Crippen molar-refractivity contribution in [2.45, 2.75) is 25.8 Å². The molecule has 4 heteroatoms. The molecule has 20 heavy (non-hydrogen) atoms. The Kier molecular flexibility index (Phi) is 5.95. The van der Waals surface area contributed by atoms with E-state index in [9.17, 15) is 9.50 Å². The van der Waals surface area contributed by atoms with E-state index in [2.05, 4.69) is 10.2 Å². The van der Waals surface area contributed by atoms with Gasteiger partial charge in [-0.3, -0.25) is 0 Å². The molecule has 1 saturated heterocycles. The smallest absolute Gasteiger partial charge is 0.127 e. The van der Waals surface area contributed by atoms with Crippen LogP contribution in [0.4, 0.5) is 4.39 Å². The maximum absolute atomic E-state index is 13.9. The molecule has 112 valence electrons. The Morgan fingerprint density at radius 1 is 1.45 bits per heavy atom. The summed E-state index contributed by atoms with van der Waals surface area (Å²) in [6, 6.07) is 7.07. The lowest BCUT2D eigenvalue weighted by Gasteiger charge is -2.22. The van der Waals surface area contributed by atoms with Crippen LogP contribution < -0.4 is 5.32 Å². The molecule has 0 spiro atoms. The number of aliphatic hydroxyl groups is 1. The zero-order valence-corrected chi connectivity index (χ0v) is 12.2. The minimum absolute atomic E-state index is 0.0642. The number of nitrogens with zero attached hydrogens (tertiary/aromatic N) is 1. The van der Waals surface area contributed by atoms with Crippen LogP contribution in [0, 0.1) is 11.7 Å². The highest BCUT2D eigenvalue weighted by Crippen LogP contribution is 2.22. The highest BCUT2D eigenvalue weighted by molar-refractivity contribution is 5.21. The van der Waals surface area contributed by atoms with Gasteiger partial charge < -0.3 is 15.3 Å². The zero-order chi connectivity index (χ0) is 14.4. The van der Waals surface area contributed by atoms with Gasteiger partial charge in [0.2, 0.25) is 0 Å². The maximum atomic E-state index is 13.9. The van der Waals surface area contributed by atoms with E-state index in [0.717, 1.165) is 44.6 Å². The van der Waals surface area contributed by atoms with Crippen molar-refractivity contribution < 1.29 is 9.50 Å². The zero-order valence-electron chi connectivity index (χ0n) is 12.2. The lowest BCUT2D eigenvalue weighted by Crippen LogP contribution is -2.29. The fourth-order valence-electron chi connectivity index (χ4n) is 2.95. The number of likely N-dealkylation sites (tertiary alicyclic amines) is 1. The summed E-state index contributed by atoms with van der Waals surface area (Å²) in [5.74, 6) is 0.286. The van der Waals surface area contributed by atoms with Gasteiger partial charge in [-0.25, -0.2) is 4.39 Å². The molecule has 2 N–H and O–H groups in total. The second-order valence-corrected chi connectivity index (χ2v) is 5.56. The Bertz CT molecular complexity index is 413. The number of rotatable bonds is 7. The second kappa shape index (κ2) is 7.72. The monoisotopic (exact) mass is 280 g/mol. The summed E-state index contributed by atoms with van der Waals surface area (Å²) >= 11 is 0. The van der Waals surface area contributed by atoms with Crippen LogP contribution in [0.15, 0.2) is 24.3 Å². The van der Waals surface area contributed by atoms with Gasteiger partial charge in [0.05, 0.1) is 0 Å². The summed E-state index contributed by atoms with van der Waals surface area (Å²) < 4.78 is 13.9. The Hall–Kier alpha value is -0.970. The third-order valence-corrected chi connectivity index (χ3v) is 4.09. The molecule has 1 aromatic rings. The van der Waals surface area contributed by atoms with Gasteiger partial charge in [0.25, 0.3) is 0 Å². The van der Waals surface area contributed by atoms with Gasteiger partial charge in [0, 0.05) is 24.8 Å². The minimum atomic E-state index is -0.131. The summed E-state index contributed by atoms with van der Waals surface area (Å²) in [4.78, 5) is 2.37. The van der Waals surface area contributed by atoms with Crippen LogP contribution in [0.2, 0.25) is 0 Å². The standard InChI is InChI=1S/C16H25FN2O/c1-2-18-16(14-5-3-4-6-15(14)17)8-10-19-9-7-13(11-19)12-20/h3-6,13,16,18,20H,2,7-12H2,1H3. The molecule has 2 unspecified atom stereocenters. The van der Waals surface area contributed by atoms with E-state index in [1.165, 1.54) is 6.07 Å². The number of hydrogen-bond acceptors (Lipinski definition) is 3. The van der Waals surface area contributed by atoms with Gasteiger partial charge in [-0.1, -0.05) is 25.1 Å². The molecule has 0 aromatic heterocycles. The topological polar surface area (TPSA) is 35.5 Å². The first-order chi connectivity index (χ1) is 9.74. The molecule has 0 aliphatic carbocycles. The first-order valence-electron chi connectivity index (χ1n) is 7.55. The summed E-state index contributed by atoms with van der Waals surface area (Å²) in [6.45, 7) is 6.11. The van der Waals surface area contributed by atoms with Crippen LogP contribution in [0.1, 0.15) is 31.4 Å². The van der Waals surface area contributed by atoms with E-state index in [4.69, 9.17) is 0 Å². The van der Waals surface area contributed by atoms with Crippen molar-refractivity contribution in [2.24, 2.45) is 5.92 Å². The normalized spacial score (nSPS) is 21.2. The van der Waals surface area contributed by atoms with Crippen LogP contribution in [0.5, 0.6) is 0 Å². The molecule has 0 bridgehead atoms. The van der Waals surface area contributed by atoms with E-state index in [1.807, 2.05) is 19.1 Å². The molecule has 1 aliphatic rings. The van der Waals surface area contributed by atoms with Gasteiger partial charge in [0.15, 0.2) is 0 Å². The van der Waals surface area contributed by atoms with Crippen LogP contribution in [0.3, 0.4) is 0 Å². The molecule has 1 aliphatic heterocycles. The van der Waals surface area contributed by atoms with Crippen molar-refractivity contribution in [1.29, 1.82) is 0 Å². The molecular weight excluding hydrogens is 255 g/mol. The molecule has 2 rings (SSSR count). The van der Waals surface area contributed by atoms with Gasteiger partial charge in [-0.15, -0.1) is 0 Å². The lowest BCUT2D eigenvalue weighted by atomic mass is 10.0. The Morgan fingerprint density at radius 3 is 2.90 bits per heavy atom. The van der Waals surface area contributed by atoms with E-state index >= 15 is 0 Å². The first-order valence-corrected chi connectivity index (χ1v) is 7.55. The number of hydrogen-bond donors (Lipinski definition) is 2. The SMILES string of the molecule is CCNC(CCN1CCC(CO)C1)c1ccccc1F. The third kappa shape index (κ3) is 4.01. The Morgan fingerprint density at radius 2 is 2.25 bits per heavy atom. The molecule has 0 radical (unpaired) electrons. The van der Waals surface area contributed by atoms with Crippen LogP contribution in [0.25, 0.3) is 0 Å². The molecule has 3 nitrogen and oxygen atoms in total. The van der Waals surface area contributed by atoms with Gasteiger partial charge in [-0.2, -0.15) is 0 Å². The largest absolute Gasteiger partial charge is 0.396 e. The fourth-order valence-corrected chi connectivity index (χ4v) is 2.95.